The van der Waals surface area contributed by atoms with E-state index in [9.17, 15) is 8.42 Å². The highest BCUT2D eigenvalue weighted by Gasteiger charge is 2.32. The summed E-state index contributed by atoms with van der Waals surface area (Å²) in [5.41, 5.74) is 0. The number of sulfone groups is 1. The predicted molar refractivity (Wildman–Crippen MR) is 71.6 cm³/mol. The van der Waals surface area contributed by atoms with Crippen LogP contribution in [0.1, 0.15) is 6.92 Å². The van der Waals surface area contributed by atoms with Gasteiger partial charge in [0, 0.05) is 25.4 Å². The maximum absolute atomic E-state index is 11.2. The van der Waals surface area contributed by atoms with Crippen LogP contribution in [0.2, 0.25) is 0 Å². The Morgan fingerprint density at radius 3 is 2.50 bits per heavy atom. The molecule has 1 atom stereocenters. The molecule has 0 saturated carbocycles. The lowest BCUT2D eigenvalue weighted by molar-refractivity contribution is 0.000956. The fourth-order valence-corrected chi connectivity index (χ4v) is 3.23. The Bertz CT molecular complexity index is 480. The van der Waals surface area contributed by atoms with Gasteiger partial charge in [0.25, 0.3) is 0 Å². The minimum absolute atomic E-state index is 0.0654. The van der Waals surface area contributed by atoms with E-state index in [4.69, 9.17) is 4.74 Å². The summed E-state index contributed by atoms with van der Waals surface area (Å²) < 4.78 is 28.2. The van der Waals surface area contributed by atoms with E-state index in [2.05, 4.69) is 4.90 Å². The number of ether oxygens (including phenoxy) is 1. The smallest absolute Gasteiger partial charge is 0.148 e. The molecule has 5 heteroatoms. The lowest BCUT2D eigenvalue weighted by Crippen LogP contribution is -2.58. The topological polar surface area (TPSA) is 46.6 Å². The van der Waals surface area contributed by atoms with Gasteiger partial charge in [-0.15, -0.1) is 0 Å². The van der Waals surface area contributed by atoms with Gasteiger partial charge >= 0.3 is 0 Å². The summed E-state index contributed by atoms with van der Waals surface area (Å²) in [6, 6.07) is 9.77. The molecule has 1 aromatic carbocycles. The molecule has 1 unspecified atom stereocenters. The molecule has 0 aromatic heterocycles. The van der Waals surface area contributed by atoms with E-state index < -0.39 is 9.84 Å². The highest BCUT2D eigenvalue weighted by atomic mass is 32.2. The van der Waals surface area contributed by atoms with Crippen LogP contribution < -0.4 is 4.74 Å². The third-order valence-corrected chi connectivity index (χ3v) is 4.18. The van der Waals surface area contributed by atoms with E-state index in [1.54, 1.807) is 0 Å². The van der Waals surface area contributed by atoms with Crippen LogP contribution >= 0.6 is 0 Å². The van der Waals surface area contributed by atoms with Gasteiger partial charge in [-0.3, -0.25) is 4.90 Å². The Balaban J connectivity index is 1.77. The molecule has 2 rings (SSSR count). The Kier molecular flexibility index (Phi) is 3.92. The van der Waals surface area contributed by atoms with Crippen LogP contribution in [0.3, 0.4) is 0 Å². The zero-order chi connectivity index (χ0) is 13.2. The average molecular weight is 269 g/mol. The summed E-state index contributed by atoms with van der Waals surface area (Å²) >= 11 is 0. The van der Waals surface area contributed by atoms with Crippen molar-refractivity contribution in [1.29, 1.82) is 0 Å². The molecule has 1 fully saturated rings. The molecule has 0 spiro atoms. The largest absolute Gasteiger partial charge is 0.488 e. The molecule has 100 valence electrons. The second kappa shape index (κ2) is 5.28. The summed E-state index contributed by atoms with van der Waals surface area (Å²) in [7, 11) is -2.90. The van der Waals surface area contributed by atoms with Gasteiger partial charge in [-0.25, -0.2) is 8.42 Å². The summed E-state index contributed by atoms with van der Waals surface area (Å²) in [6.07, 6.45) is 1.45. The number of nitrogens with zero attached hydrogens (tertiary/aromatic N) is 1. The van der Waals surface area contributed by atoms with Crippen molar-refractivity contribution in [2.45, 2.75) is 19.1 Å². The molecule has 4 nitrogen and oxygen atoms in total. The summed E-state index contributed by atoms with van der Waals surface area (Å²) in [6.45, 7) is 3.54. The monoisotopic (exact) mass is 269 g/mol. The molecule has 1 saturated heterocycles. The standard InChI is InChI=1S/C13H19NO3S/c1-11(10-18(2,15)16)14-8-13(9-14)17-12-6-4-3-5-7-12/h3-7,11,13H,8-10H2,1-2H3. The maximum atomic E-state index is 11.2. The molecule has 18 heavy (non-hydrogen) atoms. The van der Waals surface area contributed by atoms with E-state index >= 15 is 0 Å². The lowest BCUT2D eigenvalue weighted by Gasteiger charge is -2.42. The van der Waals surface area contributed by atoms with Crippen molar-refractivity contribution in [1.82, 2.24) is 4.90 Å². The van der Waals surface area contributed by atoms with Gasteiger partial charge in [-0.05, 0) is 19.1 Å². The minimum Gasteiger partial charge on any atom is -0.488 e. The molecule has 1 aromatic rings. The second-order valence-corrected chi connectivity index (χ2v) is 7.13. The van der Waals surface area contributed by atoms with Crippen LogP contribution in [0.5, 0.6) is 5.75 Å². The molecular weight excluding hydrogens is 250 g/mol. The van der Waals surface area contributed by atoms with Crippen LogP contribution in [-0.2, 0) is 9.84 Å². The lowest BCUT2D eigenvalue weighted by atomic mass is 10.1. The zero-order valence-electron chi connectivity index (χ0n) is 10.7. The van der Waals surface area contributed by atoms with Crippen molar-refractivity contribution in [3.63, 3.8) is 0 Å². The molecule has 0 radical (unpaired) electrons. The number of para-hydroxylation sites is 1. The summed E-state index contributed by atoms with van der Waals surface area (Å²) in [4.78, 5) is 2.13. The minimum atomic E-state index is -2.90. The van der Waals surface area contributed by atoms with Gasteiger partial charge in [0.15, 0.2) is 0 Å². The Hall–Kier alpha value is -1.07. The van der Waals surface area contributed by atoms with Crippen LogP contribution in [0.4, 0.5) is 0 Å². The van der Waals surface area contributed by atoms with Crippen LogP contribution in [0.15, 0.2) is 30.3 Å². The number of hydrogen-bond donors (Lipinski definition) is 0. The first-order valence-corrected chi connectivity index (χ1v) is 8.13. The normalized spacial score (nSPS) is 19.2. The molecule has 1 heterocycles. The molecule has 0 aliphatic carbocycles. The van der Waals surface area contributed by atoms with Gasteiger partial charge in [0.2, 0.25) is 0 Å². The van der Waals surface area contributed by atoms with E-state index in [0.29, 0.717) is 0 Å². The van der Waals surface area contributed by atoms with Crippen molar-refractivity contribution in [3.8, 4) is 5.75 Å². The quantitative estimate of drug-likeness (QED) is 0.805. The van der Waals surface area contributed by atoms with Crippen molar-refractivity contribution >= 4 is 9.84 Å². The van der Waals surface area contributed by atoms with Crippen molar-refractivity contribution in [3.05, 3.63) is 30.3 Å². The second-order valence-electron chi connectivity index (χ2n) is 4.95. The van der Waals surface area contributed by atoms with Crippen molar-refractivity contribution in [2.75, 3.05) is 25.1 Å². The number of hydrogen-bond acceptors (Lipinski definition) is 4. The number of likely N-dealkylation sites (tertiary alicyclic amines) is 1. The van der Waals surface area contributed by atoms with Crippen molar-refractivity contribution < 1.29 is 13.2 Å². The Morgan fingerprint density at radius 2 is 1.94 bits per heavy atom. The third kappa shape index (κ3) is 3.71. The van der Waals surface area contributed by atoms with E-state index in [0.717, 1.165) is 18.8 Å². The first-order valence-electron chi connectivity index (χ1n) is 6.07. The van der Waals surface area contributed by atoms with Gasteiger partial charge in [0.05, 0.1) is 5.75 Å². The van der Waals surface area contributed by atoms with Gasteiger partial charge < -0.3 is 4.74 Å². The van der Waals surface area contributed by atoms with E-state index in [1.165, 1.54) is 6.26 Å². The molecule has 0 N–H and O–H groups in total. The molecule has 1 aliphatic heterocycles. The first kappa shape index (κ1) is 13.4. The Labute approximate surface area is 108 Å². The molecule has 0 amide bonds. The van der Waals surface area contributed by atoms with Crippen molar-refractivity contribution in [2.24, 2.45) is 0 Å². The summed E-state index contributed by atoms with van der Waals surface area (Å²) in [5.74, 6) is 1.09. The Morgan fingerprint density at radius 1 is 1.33 bits per heavy atom. The number of benzene rings is 1. The van der Waals surface area contributed by atoms with Gasteiger partial charge in [-0.2, -0.15) is 0 Å². The SMILES string of the molecule is CC(CS(C)(=O)=O)N1CC(Oc2ccccc2)C1. The molecule has 0 bridgehead atoms. The fraction of sp³-hybridized carbons (Fsp3) is 0.538. The molecule has 1 aliphatic rings. The van der Waals surface area contributed by atoms with Gasteiger partial charge in [0.1, 0.15) is 21.7 Å². The average Bonchev–Trinajstić information content (AvgIpc) is 2.21. The zero-order valence-corrected chi connectivity index (χ0v) is 11.6. The first-order chi connectivity index (χ1) is 8.44. The third-order valence-electron chi connectivity index (χ3n) is 3.09. The van der Waals surface area contributed by atoms with Crippen LogP contribution in [0.25, 0.3) is 0 Å². The molecular formula is C13H19NO3S. The van der Waals surface area contributed by atoms with E-state index in [-0.39, 0.29) is 17.9 Å². The van der Waals surface area contributed by atoms with E-state index in [1.807, 2.05) is 37.3 Å². The number of rotatable bonds is 5. The van der Waals surface area contributed by atoms with Crippen LogP contribution in [0, 0.1) is 0 Å². The van der Waals surface area contributed by atoms with Gasteiger partial charge in [-0.1, -0.05) is 18.2 Å². The summed E-state index contributed by atoms with van der Waals surface area (Å²) in [5, 5.41) is 0. The highest BCUT2D eigenvalue weighted by Crippen LogP contribution is 2.19. The maximum Gasteiger partial charge on any atom is 0.148 e. The van der Waals surface area contributed by atoms with Crippen LogP contribution in [-0.4, -0.2) is 50.6 Å². The predicted octanol–water partition coefficient (Wildman–Crippen LogP) is 1.18. The fourth-order valence-electron chi connectivity index (χ4n) is 2.14. The highest BCUT2D eigenvalue weighted by molar-refractivity contribution is 7.90.